The fourth-order valence-corrected chi connectivity index (χ4v) is 9.33. The molecule has 0 unspecified atom stereocenters. The van der Waals surface area contributed by atoms with Gasteiger partial charge in [0, 0.05) is 5.56 Å². The van der Waals surface area contributed by atoms with Crippen molar-refractivity contribution in [1.29, 1.82) is 0 Å². The first kappa shape index (κ1) is 46.4. The Morgan fingerprint density at radius 3 is 1.73 bits per heavy atom. The predicted molar refractivity (Wildman–Crippen MR) is 271 cm³/mol. The van der Waals surface area contributed by atoms with Crippen molar-refractivity contribution in [2.24, 2.45) is 9.98 Å². The van der Waals surface area contributed by atoms with Gasteiger partial charge in [0.2, 0.25) is 0 Å². The van der Waals surface area contributed by atoms with Crippen LogP contribution >= 0.6 is 0 Å². The average molecular weight is 982 g/mol. The summed E-state index contributed by atoms with van der Waals surface area (Å²) in [6.45, 7) is 7.43. The van der Waals surface area contributed by atoms with E-state index in [2.05, 4.69) is 6.07 Å². The molecule has 11 rings (SSSR count). The van der Waals surface area contributed by atoms with Crippen LogP contribution in [0.1, 0.15) is 59.2 Å². The molecule has 0 amide bonds. The van der Waals surface area contributed by atoms with E-state index in [0.717, 1.165) is 66.6 Å². The van der Waals surface area contributed by atoms with Gasteiger partial charge in [0.25, 0.3) is 0 Å². The standard InChI is InChI=1S/C59H46N4O7.Ni/c1-6-67-40-21-11-35(12-22-40)52-45-27-28-46(60-45)53(36-13-23-41(24-14-36)68-7-2)48-31-32-50(62-48)56-58(70-59(64)37-15-19-39(66-5)20-16-37)55-51(34-9-17-38(65-4)18-10-34)44-33-42(69-8-3)25-26-43(44)54(57(55)63-56)49-30-29-47(52)61-49;/h9-33H,6-8H2,1-5H3;/q-2;+2. The van der Waals surface area contributed by atoms with Gasteiger partial charge >= 0.3 is 22.5 Å². The number of hydrogen-bond donors (Lipinski definition) is 0. The molecule has 0 saturated heterocycles. The molecule has 0 spiro atoms. The second kappa shape index (κ2) is 19.6. The van der Waals surface area contributed by atoms with Gasteiger partial charge < -0.3 is 38.4 Å². The summed E-state index contributed by atoms with van der Waals surface area (Å²) in [5, 5.41) is 4.39. The van der Waals surface area contributed by atoms with Crippen LogP contribution in [0, 0.1) is 10.6 Å². The molecule has 0 N–H and O–H groups in total. The Balaban J connectivity index is 0.00000582. The second-order valence-electron chi connectivity index (χ2n) is 16.6. The van der Waals surface area contributed by atoms with Gasteiger partial charge in [-0.2, -0.15) is 0 Å². The van der Waals surface area contributed by atoms with Crippen LogP contribution in [-0.2, 0) is 21.2 Å². The molecule has 12 heteroatoms. The van der Waals surface area contributed by atoms with Crippen LogP contribution in [0.5, 0.6) is 28.7 Å². The first-order valence-corrected chi connectivity index (χ1v) is 23.2. The van der Waals surface area contributed by atoms with Gasteiger partial charge in [-0.15, -0.1) is 22.1 Å². The van der Waals surface area contributed by atoms with E-state index >= 15 is 0 Å². The molecule has 0 fully saturated rings. The smallest absolute Gasteiger partial charge is 0.657 e. The summed E-state index contributed by atoms with van der Waals surface area (Å²) in [6, 6.07) is 44.6. The van der Waals surface area contributed by atoms with Gasteiger partial charge in [0.05, 0.1) is 67.6 Å². The summed E-state index contributed by atoms with van der Waals surface area (Å²) in [5.41, 5.74) is 8.93. The number of esters is 1. The van der Waals surface area contributed by atoms with E-state index in [1.54, 1.807) is 38.5 Å². The minimum atomic E-state index is -0.580. The van der Waals surface area contributed by atoms with Gasteiger partial charge in [-0.1, -0.05) is 66.7 Å². The normalized spacial score (nSPS) is 13.3. The third kappa shape index (κ3) is 8.50. The van der Waals surface area contributed by atoms with Crippen LogP contribution in [-0.4, -0.2) is 45.7 Å². The molecular formula is C59H46N4NiO7. The Morgan fingerprint density at radius 1 is 0.521 bits per heavy atom. The van der Waals surface area contributed by atoms with Crippen LogP contribution in [0.4, 0.5) is 0 Å². The van der Waals surface area contributed by atoms with E-state index in [-0.39, 0.29) is 22.3 Å². The zero-order chi connectivity index (χ0) is 47.9. The number of aromatic nitrogens is 2. The van der Waals surface area contributed by atoms with Gasteiger partial charge in [0.1, 0.15) is 28.7 Å². The molecule has 2 aromatic heterocycles. The number of allylic oxidation sites excluding steroid dienone is 2. The van der Waals surface area contributed by atoms with Gasteiger partial charge in [-0.25, -0.2) is 14.8 Å². The predicted octanol–water partition coefficient (Wildman–Crippen LogP) is 10.2. The number of hydrogen-bond acceptors (Lipinski definition) is 9. The van der Waals surface area contributed by atoms with E-state index in [0.29, 0.717) is 87.0 Å². The van der Waals surface area contributed by atoms with E-state index in [4.69, 9.17) is 48.4 Å². The van der Waals surface area contributed by atoms with Crippen molar-refractivity contribution in [1.82, 2.24) is 9.97 Å². The third-order valence-electron chi connectivity index (χ3n) is 12.5. The molecule has 71 heavy (non-hydrogen) atoms. The third-order valence-corrected chi connectivity index (χ3v) is 12.5. The minimum absolute atomic E-state index is 0. The Morgan fingerprint density at radius 2 is 1.08 bits per heavy atom. The molecule has 5 heterocycles. The van der Waals surface area contributed by atoms with Crippen molar-refractivity contribution >= 4 is 45.1 Å². The molecule has 0 radical (unpaired) electrons. The Bertz CT molecular complexity index is 3740. The zero-order valence-corrected chi connectivity index (χ0v) is 40.5. The van der Waals surface area contributed by atoms with Crippen LogP contribution in [0.3, 0.4) is 0 Å². The molecule has 0 saturated carbocycles. The molecule has 8 bridgehead atoms. The molecule has 6 aromatic carbocycles. The van der Waals surface area contributed by atoms with E-state index < -0.39 is 5.97 Å². The molecule has 11 nitrogen and oxygen atoms in total. The number of benzene rings is 6. The largest absolute Gasteiger partial charge is 2.00 e. The molecule has 3 aliphatic heterocycles. The average Bonchev–Trinajstić information content (AvgIpc) is 4.24. The van der Waals surface area contributed by atoms with E-state index in [1.165, 1.54) is 0 Å². The Hall–Kier alpha value is -8.34. The number of carbonyl (C=O) groups excluding carboxylic acids is 1. The number of aliphatic imine (C=N–C) groups is 1. The molecule has 354 valence electrons. The minimum Gasteiger partial charge on any atom is -0.657 e. The van der Waals surface area contributed by atoms with Crippen molar-refractivity contribution < 1.29 is 49.7 Å². The SMILES string of the molecule is CCOc1ccc(C2=C3C=CC(=N3)C(c3ccc(OCC)cc3)=c3ccc([n-]3)=c3c4c(c(-c5ccc(OC)cc5)c5cc(OCC)ccc35)C(OC(=O)c3ccc(OC)cc3)=C(N=4)c3ccc2[n-]3)cc1.[Ni+2]. The summed E-state index contributed by atoms with van der Waals surface area (Å²) < 4.78 is 35.7. The Kier molecular flexibility index (Phi) is 12.8. The first-order valence-electron chi connectivity index (χ1n) is 23.2. The van der Waals surface area contributed by atoms with E-state index in [9.17, 15) is 4.79 Å². The van der Waals surface area contributed by atoms with Crippen molar-refractivity contribution in [3.05, 3.63) is 212 Å². The quantitative estimate of drug-likeness (QED) is 0.0820. The van der Waals surface area contributed by atoms with Crippen molar-refractivity contribution in [3.63, 3.8) is 0 Å². The topological polar surface area (TPSA) is 125 Å². The fourth-order valence-electron chi connectivity index (χ4n) is 9.33. The number of rotatable bonds is 13. The van der Waals surface area contributed by atoms with Crippen LogP contribution in [0.15, 0.2) is 167 Å². The number of nitrogens with zero attached hydrogens (tertiary/aromatic N) is 4. The van der Waals surface area contributed by atoms with E-state index in [1.807, 2.05) is 142 Å². The fraction of sp³-hybridized carbons (Fsp3) is 0.136. The van der Waals surface area contributed by atoms with Gasteiger partial charge in [-0.3, -0.25) is 0 Å². The maximum atomic E-state index is 14.6. The number of ether oxygens (including phenoxy) is 6. The van der Waals surface area contributed by atoms with Crippen molar-refractivity contribution in [2.45, 2.75) is 20.8 Å². The Labute approximate surface area is 419 Å². The van der Waals surface area contributed by atoms with Crippen molar-refractivity contribution in [2.75, 3.05) is 34.0 Å². The zero-order valence-electron chi connectivity index (χ0n) is 39.5. The summed E-state index contributed by atoms with van der Waals surface area (Å²) in [6.07, 6.45) is 4.06. The second-order valence-corrected chi connectivity index (χ2v) is 16.6. The number of methoxy groups -OCH3 is 2. The van der Waals surface area contributed by atoms with Crippen LogP contribution < -0.4 is 44.4 Å². The molecule has 0 aliphatic carbocycles. The van der Waals surface area contributed by atoms with Crippen molar-refractivity contribution in [3.8, 4) is 39.9 Å². The summed E-state index contributed by atoms with van der Waals surface area (Å²) >= 11 is 0. The van der Waals surface area contributed by atoms with Gasteiger partial charge in [-0.05, 0) is 150 Å². The monoisotopic (exact) mass is 980 g/mol. The summed E-state index contributed by atoms with van der Waals surface area (Å²) in [7, 11) is 3.22. The number of carbonyl (C=O) groups is 1. The molecular weight excluding hydrogens is 935 g/mol. The maximum absolute atomic E-state index is 14.6. The van der Waals surface area contributed by atoms with Crippen LogP contribution in [0.2, 0.25) is 0 Å². The summed E-state index contributed by atoms with van der Waals surface area (Å²) in [4.78, 5) is 36.3. The number of fused-ring (bicyclic) bond motifs is 9. The molecule has 0 atom stereocenters. The first-order chi connectivity index (χ1) is 34.4. The van der Waals surface area contributed by atoms with Crippen LogP contribution in [0.25, 0.3) is 44.5 Å². The molecule has 8 aromatic rings. The molecule has 3 aliphatic rings. The van der Waals surface area contributed by atoms with Gasteiger partial charge in [0.15, 0.2) is 5.76 Å². The maximum Gasteiger partial charge on any atom is 2.00 e. The summed E-state index contributed by atoms with van der Waals surface area (Å²) in [5.74, 6) is 3.15.